The monoisotopic (exact) mass is 599 g/mol. The lowest BCUT2D eigenvalue weighted by Gasteiger charge is -2.20. The van der Waals surface area contributed by atoms with Gasteiger partial charge < -0.3 is 19.1 Å². The summed E-state index contributed by atoms with van der Waals surface area (Å²) in [4.78, 5) is 6.55. The molecule has 0 saturated carbocycles. The predicted octanol–water partition coefficient (Wildman–Crippen LogP) is 4.18. The molecule has 0 aliphatic carbocycles. The Morgan fingerprint density at radius 1 is 1.24 bits per heavy atom. The number of aromatic nitrogens is 4. The molecule has 0 N–H and O–H groups in total. The van der Waals surface area contributed by atoms with Gasteiger partial charge in [-0.1, -0.05) is 40.3 Å². The Kier molecular flexibility index (Phi) is 7.19. The van der Waals surface area contributed by atoms with Crippen molar-refractivity contribution in [2.24, 2.45) is 0 Å². The molecule has 8 nitrogen and oxygen atoms in total. The van der Waals surface area contributed by atoms with E-state index in [1.807, 2.05) is 10.6 Å². The number of halogens is 3. The first kappa shape index (κ1) is 23.7. The summed E-state index contributed by atoms with van der Waals surface area (Å²) in [5.41, 5.74) is 1.75. The molecule has 2 saturated heterocycles. The number of benzene rings is 1. The highest BCUT2D eigenvalue weighted by atomic mass is 127. The third-order valence-electron chi connectivity index (χ3n) is 6.13. The third-order valence-corrected chi connectivity index (χ3v) is 7.72. The summed E-state index contributed by atoms with van der Waals surface area (Å²) in [7, 11) is 1.58. The minimum Gasteiger partial charge on any atom is -0.481 e. The average molecular weight is 600 g/mol. The Bertz CT molecular complexity index is 1140. The molecule has 0 spiro atoms. The van der Waals surface area contributed by atoms with E-state index < -0.39 is 0 Å². The van der Waals surface area contributed by atoms with Gasteiger partial charge in [-0.05, 0) is 30.2 Å². The summed E-state index contributed by atoms with van der Waals surface area (Å²) in [5, 5.41) is 9.44. The maximum Gasteiger partial charge on any atom is 0.232 e. The normalized spacial score (nSPS) is 22.5. The molecule has 11 heteroatoms. The van der Waals surface area contributed by atoms with Crippen molar-refractivity contribution in [1.29, 1.82) is 0 Å². The van der Waals surface area contributed by atoms with Crippen molar-refractivity contribution in [3.05, 3.63) is 58.8 Å². The molecule has 5 rings (SSSR count). The first-order chi connectivity index (χ1) is 16.5. The van der Waals surface area contributed by atoms with Gasteiger partial charge in [-0.3, -0.25) is 4.57 Å². The molecule has 4 heterocycles. The molecule has 0 unspecified atom stereocenters. The van der Waals surface area contributed by atoms with Crippen LogP contribution in [-0.4, -0.2) is 63.2 Å². The number of anilines is 1. The SMILES string of the molecule is COc1ccc(-n2c(CO[C@H]3CCOC3)nnc2N2C[C@H](c3ccc(F)cc3Cl)[C@@H](I)C2)cn1. The smallest absolute Gasteiger partial charge is 0.232 e. The highest BCUT2D eigenvalue weighted by Crippen LogP contribution is 2.38. The second-order valence-corrected chi connectivity index (χ2v) is 10.3. The Hall–Kier alpha value is -2.02. The molecule has 3 atom stereocenters. The van der Waals surface area contributed by atoms with Crippen LogP contribution in [0, 0.1) is 5.82 Å². The zero-order valence-corrected chi connectivity index (χ0v) is 21.4. The Labute approximate surface area is 215 Å². The standard InChI is InChI=1S/C23H24ClFIN5O3/c1-32-22-5-3-15(9-27-22)31-21(13-34-16-6-7-33-12-16)28-29-23(31)30-10-18(20(26)11-30)17-4-2-14(25)8-19(17)24/h2-5,8-9,16,18,20H,6-7,10-13H2,1H3/t16-,18+,20-/m0/s1. The van der Waals surface area contributed by atoms with Crippen LogP contribution in [0.1, 0.15) is 23.7 Å². The van der Waals surface area contributed by atoms with Crippen molar-refractivity contribution >= 4 is 40.1 Å². The number of methoxy groups -OCH3 is 1. The van der Waals surface area contributed by atoms with E-state index in [2.05, 4.69) is 42.7 Å². The summed E-state index contributed by atoms with van der Waals surface area (Å²) < 4.78 is 32.5. The van der Waals surface area contributed by atoms with Crippen LogP contribution in [0.5, 0.6) is 5.88 Å². The average Bonchev–Trinajstić information content (AvgIpc) is 3.58. The molecule has 2 aromatic heterocycles. The van der Waals surface area contributed by atoms with Crippen LogP contribution < -0.4 is 9.64 Å². The molecule has 1 aromatic carbocycles. The topological polar surface area (TPSA) is 74.5 Å². The summed E-state index contributed by atoms with van der Waals surface area (Å²) in [6, 6.07) is 8.34. The van der Waals surface area contributed by atoms with Crippen LogP contribution in [0.4, 0.5) is 10.3 Å². The van der Waals surface area contributed by atoms with Crippen molar-refractivity contribution < 1.29 is 18.6 Å². The fourth-order valence-electron chi connectivity index (χ4n) is 4.35. The second-order valence-electron chi connectivity index (χ2n) is 8.30. The quantitative estimate of drug-likeness (QED) is 0.298. The minimum absolute atomic E-state index is 0.0538. The highest BCUT2D eigenvalue weighted by Gasteiger charge is 2.36. The van der Waals surface area contributed by atoms with Gasteiger partial charge in [-0.25, -0.2) is 9.37 Å². The summed E-state index contributed by atoms with van der Waals surface area (Å²) in [6.45, 7) is 3.04. The maximum absolute atomic E-state index is 13.6. The van der Waals surface area contributed by atoms with Gasteiger partial charge in [0.1, 0.15) is 12.4 Å². The molecule has 2 aliphatic heterocycles. The molecular formula is C23H24ClFIN5O3. The number of rotatable bonds is 7. The number of alkyl halides is 1. The van der Waals surface area contributed by atoms with E-state index in [0.29, 0.717) is 49.0 Å². The van der Waals surface area contributed by atoms with Crippen LogP contribution >= 0.6 is 34.2 Å². The lowest BCUT2D eigenvalue weighted by Crippen LogP contribution is -2.24. The van der Waals surface area contributed by atoms with Gasteiger partial charge in [0.25, 0.3) is 0 Å². The largest absolute Gasteiger partial charge is 0.481 e. The summed E-state index contributed by atoms with van der Waals surface area (Å²) in [6.07, 6.45) is 2.66. The van der Waals surface area contributed by atoms with E-state index in [4.69, 9.17) is 25.8 Å². The van der Waals surface area contributed by atoms with Gasteiger partial charge in [-0.15, -0.1) is 10.2 Å². The van der Waals surface area contributed by atoms with Crippen LogP contribution in [0.15, 0.2) is 36.5 Å². The van der Waals surface area contributed by atoms with Crippen molar-refractivity contribution in [3.63, 3.8) is 0 Å². The molecule has 0 radical (unpaired) electrons. The van der Waals surface area contributed by atoms with Crippen molar-refractivity contribution in [3.8, 4) is 11.6 Å². The summed E-state index contributed by atoms with van der Waals surface area (Å²) >= 11 is 8.82. The first-order valence-corrected chi connectivity index (χ1v) is 12.6. The predicted molar refractivity (Wildman–Crippen MR) is 134 cm³/mol. The Morgan fingerprint density at radius 2 is 2.12 bits per heavy atom. The van der Waals surface area contributed by atoms with Crippen LogP contribution in [-0.2, 0) is 16.1 Å². The molecule has 0 bridgehead atoms. The Morgan fingerprint density at radius 3 is 2.82 bits per heavy atom. The van der Waals surface area contributed by atoms with Crippen LogP contribution in [0.2, 0.25) is 5.02 Å². The van der Waals surface area contributed by atoms with Gasteiger partial charge >= 0.3 is 0 Å². The second kappa shape index (κ2) is 10.3. The fourth-order valence-corrected chi connectivity index (χ4v) is 5.75. The molecule has 180 valence electrons. The van der Waals surface area contributed by atoms with E-state index in [-0.39, 0.29) is 21.8 Å². The lowest BCUT2D eigenvalue weighted by atomic mass is 9.98. The van der Waals surface area contributed by atoms with Gasteiger partial charge in [0, 0.05) is 40.6 Å². The van der Waals surface area contributed by atoms with Crippen molar-refractivity contribution in [1.82, 2.24) is 19.7 Å². The van der Waals surface area contributed by atoms with Crippen LogP contribution in [0.25, 0.3) is 5.69 Å². The van der Waals surface area contributed by atoms with E-state index >= 15 is 0 Å². The first-order valence-electron chi connectivity index (χ1n) is 11.0. The molecular weight excluding hydrogens is 576 g/mol. The highest BCUT2D eigenvalue weighted by molar-refractivity contribution is 14.1. The third kappa shape index (κ3) is 4.86. The van der Waals surface area contributed by atoms with Crippen molar-refractivity contribution in [2.75, 3.05) is 38.3 Å². The lowest BCUT2D eigenvalue weighted by molar-refractivity contribution is 0.0277. The number of pyridine rings is 1. The molecule has 2 aliphatic rings. The number of hydrogen-bond donors (Lipinski definition) is 0. The molecule has 34 heavy (non-hydrogen) atoms. The van der Waals surface area contributed by atoms with E-state index in [1.54, 1.807) is 25.4 Å². The molecule has 0 amide bonds. The van der Waals surface area contributed by atoms with Crippen molar-refractivity contribution in [2.45, 2.75) is 29.0 Å². The van der Waals surface area contributed by atoms with Crippen LogP contribution in [0.3, 0.4) is 0 Å². The fraction of sp³-hybridized carbons (Fsp3) is 0.435. The molecule has 3 aromatic rings. The van der Waals surface area contributed by atoms with Gasteiger partial charge in [0.2, 0.25) is 11.8 Å². The van der Waals surface area contributed by atoms with Gasteiger partial charge in [0.15, 0.2) is 5.82 Å². The van der Waals surface area contributed by atoms with E-state index in [9.17, 15) is 4.39 Å². The zero-order valence-electron chi connectivity index (χ0n) is 18.5. The Balaban J connectivity index is 1.45. The number of hydrogen-bond acceptors (Lipinski definition) is 7. The maximum atomic E-state index is 13.6. The summed E-state index contributed by atoms with van der Waals surface area (Å²) in [5.74, 6) is 1.71. The zero-order chi connectivity index (χ0) is 23.7. The minimum atomic E-state index is -0.335. The van der Waals surface area contributed by atoms with E-state index in [1.165, 1.54) is 12.1 Å². The van der Waals surface area contributed by atoms with Gasteiger partial charge in [-0.2, -0.15) is 0 Å². The molecule has 2 fully saturated rings. The number of nitrogens with zero attached hydrogens (tertiary/aromatic N) is 5. The van der Waals surface area contributed by atoms with Gasteiger partial charge in [0.05, 0.1) is 31.7 Å². The van der Waals surface area contributed by atoms with E-state index in [0.717, 1.165) is 24.2 Å². The number of ether oxygens (including phenoxy) is 3.